The Morgan fingerprint density at radius 3 is 2.32 bits per heavy atom. The van der Waals surface area contributed by atoms with Gasteiger partial charge in [0.15, 0.2) is 0 Å². The van der Waals surface area contributed by atoms with Gasteiger partial charge >= 0.3 is 12.1 Å². The number of carbonyl (C=O) groups excluding carboxylic acids is 2. The van der Waals surface area contributed by atoms with E-state index in [-0.39, 0.29) is 17.9 Å². The summed E-state index contributed by atoms with van der Waals surface area (Å²) in [5.74, 6) is -1.02. The molecule has 0 aromatic heterocycles. The molecule has 0 atom stereocenters. The second-order valence-electron chi connectivity index (χ2n) is 7.03. The van der Waals surface area contributed by atoms with Gasteiger partial charge in [0.2, 0.25) is 5.91 Å². The van der Waals surface area contributed by atoms with Crippen LogP contribution in [0, 0.1) is 0 Å². The van der Waals surface area contributed by atoms with Crippen LogP contribution in [0.25, 0.3) is 0 Å². The van der Waals surface area contributed by atoms with Crippen LogP contribution in [0.15, 0.2) is 24.3 Å². The number of carboxylic acid groups (broad SMARTS) is 1. The average Bonchev–Trinajstić information content (AvgIpc) is 2.69. The van der Waals surface area contributed by atoms with Gasteiger partial charge in [-0.25, -0.2) is 9.59 Å². The zero-order chi connectivity index (χ0) is 18.6. The summed E-state index contributed by atoms with van der Waals surface area (Å²) in [5, 5.41) is 8.92. The monoisotopic (exact) mass is 348 g/mol. The molecule has 2 rings (SSSR count). The fraction of sp³-hybridized carbons (Fsp3) is 0.500. The summed E-state index contributed by atoms with van der Waals surface area (Å²) < 4.78 is 5.36. The molecule has 1 aliphatic rings. The highest BCUT2D eigenvalue weighted by molar-refractivity contribution is 5.87. The van der Waals surface area contributed by atoms with Gasteiger partial charge in [-0.05, 0) is 38.5 Å². The first-order chi connectivity index (χ1) is 11.7. The van der Waals surface area contributed by atoms with Crippen molar-refractivity contribution in [3.8, 4) is 0 Å². The molecule has 1 N–H and O–H groups in total. The highest BCUT2D eigenvalue weighted by Gasteiger charge is 2.27. The molecule has 1 heterocycles. The smallest absolute Gasteiger partial charge is 0.410 e. The third-order valence-electron chi connectivity index (χ3n) is 3.81. The molecule has 0 spiro atoms. The Morgan fingerprint density at radius 2 is 1.76 bits per heavy atom. The highest BCUT2D eigenvalue weighted by atomic mass is 16.6. The molecule has 136 valence electrons. The Labute approximate surface area is 147 Å². The van der Waals surface area contributed by atoms with Crippen molar-refractivity contribution in [3.63, 3.8) is 0 Å². The van der Waals surface area contributed by atoms with Crippen molar-refractivity contribution < 1.29 is 24.2 Å². The fourth-order valence-electron chi connectivity index (χ4n) is 2.52. The molecule has 25 heavy (non-hydrogen) atoms. The Hall–Kier alpha value is -2.57. The first-order valence-corrected chi connectivity index (χ1v) is 8.23. The SMILES string of the molecule is CC(C)(C)OC(=O)N1CCC(=O)N(Cc2ccc(C(=O)O)cc2)CC1. The number of amides is 2. The van der Waals surface area contributed by atoms with E-state index >= 15 is 0 Å². The maximum atomic E-state index is 12.3. The summed E-state index contributed by atoms with van der Waals surface area (Å²) in [6, 6.07) is 6.44. The second-order valence-corrected chi connectivity index (χ2v) is 7.03. The normalized spacial score (nSPS) is 15.7. The van der Waals surface area contributed by atoms with Gasteiger partial charge < -0.3 is 19.6 Å². The maximum absolute atomic E-state index is 12.3. The summed E-state index contributed by atoms with van der Waals surface area (Å²) in [6.45, 7) is 6.97. The van der Waals surface area contributed by atoms with E-state index in [0.717, 1.165) is 5.56 Å². The third kappa shape index (κ3) is 5.48. The van der Waals surface area contributed by atoms with E-state index in [9.17, 15) is 14.4 Å². The van der Waals surface area contributed by atoms with Gasteiger partial charge in [0.25, 0.3) is 0 Å². The summed E-state index contributed by atoms with van der Waals surface area (Å²) in [5.41, 5.74) is 0.491. The zero-order valence-corrected chi connectivity index (χ0v) is 14.8. The molecule has 0 aliphatic carbocycles. The van der Waals surface area contributed by atoms with Crippen LogP contribution < -0.4 is 0 Å². The summed E-state index contributed by atoms with van der Waals surface area (Å²) in [7, 11) is 0. The van der Waals surface area contributed by atoms with Crippen molar-refractivity contribution in [2.45, 2.75) is 39.3 Å². The minimum atomic E-state index is -0.981. The summed E-state index contributed by atoms with van der Waals surface area (Å²) in [6.07, 6.45) is -0.167. The van der Waals surface area contributed by atoms with Crippen molar-refractivity contribution >= 4 is 18.0 Å². The van der Waals surface area contributed by atoms with Crippen LogP contribution in [-0.2, 0) is 16.1 Å². The number of carboxylic acids is 1. The van der Waals surface area contributed by atoms with Gasteiger partial charge in [-0.15, -0.1) is 0 Å². The van der Waals surface area contributed by atoms with Gasteiger partial charge in [-0.2, -0.15) is 0 Å². The van der Waals surface area contributed by atoms with E-state index < -0.39 is 17.7 Å². The van der Waals surface area contributed by atoms with Crippen LogP contribution in [0.1, 0.15) is 43.1 Å². The first kappa shape index (κ1) is 18.8. The van der Waals surface area contributed by atoms with Gasteiger partial charge in [-0.3, -0.25) is 4.79 Å². The molecule has 1 fully saturated rings. The number of hydrogen-bond donors (Lipinski definition) is 1. The van der Waals surface area contributed by atoms with Crippen molar-refractivity contribution in [2.75, 3.05) is 19.6 Å². The van der Waals surface area contributed by atoms with E-state index in [4.69, 9.17) is 9.84 Å². The van der Waals surface area contributed by atoms with Gasteiger partial charge in [-0.1, -0.05) is 12.1 Å². The lowest BCUT2D eigenvalue weighted by Gasteiger charge is -2.26. The number of nitrogens with zero attached hydrogens (tertiary/aromatic N) is 2. The van der Waals surface area contributed by atoms with E-state index in [0.29, 0.717) is 26.2 Å². The molecule has 0 saturated carbocycles. The minimum Gasteiger partial charge on any atom is -0.478 e. The number of hydrogen-bond acceptors (Lipinski definition) is 4. The number of ether oxygens (including phenoxy) is 1. The van der Waals surface area contributed by atoms with Crippen LogP contribution in [-0.4, -0.2) is 58.1 Å². The highest BCUT2D eigenvalue weighted by Crippen LogP contribution is 2.15. The Kier molecular flexibility index (Phi) is 5.66. The average molecular weight is 348 g/mol. The standard InChI is InChI=1S/C18H24N2O5/c1-18(2,3)25-17(24)19-9-8-15(21)20(11-10-19)12-13-4-6-14(7-5-13)16(22)23/h4-7H,8-12H2,1-3H3,(H,22,23). The molecule has 2 amide bonds. The molecule has 1 aliphatic heterocycles. The summed E-state index contributed by atoms with van der Waals surface area (Å²) in [4.78, 5) is 38.6. The lowest BCUT2D eigenvalue weighted by Crippen LogP contribution is -2.39. The maximum Gasteiger partial charge on any atom is 0.410 e. The van der Waals surface area contributed by atoms with Crippen LogP contribution in [0.4, 0.5) is 4.79 Å². The molecule has 1 aromatic rings. The topological polar surface area (TPSA) is 87.2 Å². The van der Waals surface area contributed by atoms with E-state index in [1.165, 1.54) is 12.1 Å². The van der Waals surface area contributed by atoms with E-state index in [1.807, 2.05) is 0 Å². The molecule has 7 heteroatoms. The first-order valence-electron chi connectivity index (χ1n) is 8.23. The third-order valence-corrected chi connectivity index (χ3v) is 3.81. The second kappa shape index (κ2) is 7.55. The van der Waals surface area contributed by atoms with Crippen molar-refractivity contribution in [1.29, 1.82) is 0 Å². The number of benzene rings is 1. The molecule has 7 nitrogen and oxygen atoms in total. The fourth-order valence-corrected chi connectivity index (χ4v) is 2.52. The van der Waals surface area contributed by atoms with E-state index in [1.54, 1.807) is 42.7 Å². The molecule has 1 saturated heterocycles. The predicted octanol–water partition coefficient (Wildman–Crippen LogP) is 2.35. The number of carbonyl (C=O) groups is 3. The van der Waals surface area contributed by atoms with Gasteiger partial charge in [0.1, 0.15) is 5.60 Å². The van der Waals surface area contributed by atoms with Crippen LogP contribution in [0.3, 0.4) is 0 Å². The Morgan fingerprint density at radius 1 is 1.12 bits per heavy atom. The van der Waals surface area contributed by atoms with Crippen molar-refractivity contribution in [1.82, 2.24) is 9.80 Å². The molecule has 0 bridgehead atoms. The van der Waals surface area contributed by atoms with Crippen LogP contribution >= 0.6 is 0 Å². The lowest BCUT2D eigenvalue weighted by atomic mass is 10.1. The van der Waals surface area contributed by atoms with Crippen LogP contribution in [0.5, 0.6) is 0 Å². The van der Waals surface area contributed by atoms with Gasteiger partial charge in [0, 0.05) is 32.6 Å². The van der Waals surface area contributed by atoms with Crippen LogP contribution in [0.2, 0.25) is 0 Å². The van der Waals surface area contributed by atoms with Crippen molar-refractivity contribution in [3.05, 3.63) is 35.4 Å². The quantitative estimate of drug-likeness (QED) is 0.906. The number of rotatable bonds is 3. The molecule has 0 radical (unpaired) electrons. The molecule has 0 unspecified atom stereocenters. The Balaban J connectivity index is 1.98. The zero-order valence-electron chi connectivity index (χ0n) is 14.8. The predicted molar refractivity (Wildman–Crippen MR) is 91.2 cm³/mol. The summed E-state index contributed by atoms with van der Waals surface area (Å²) >= 11 is 0. The molecular formula is C18H24N2O5. The largest absolute Gasteiger partial charge is 0.478 e. The molecular weight excluding hydrogens is 324 g/mol. The minimum absolute atomic E-state index is 0.0339. The molecule has 1 aromatic carbocycles. The van der Waals surface area contributed by atoms with E-state index in [2.05, 4.69) is 0 Å². The Bertz CT molecular complexity index is 648. The van der Waals surface area contributed by atoms with Gasteiger partial charge in [0.05, 0.1) is 5.56 Å². The number of aromatic carboxylic acids is 1. The van der Waals surface area contributed by atoms with Crippen molar-refractivity contribution in [2.24, 2.45) is 0 Å². The lowest BCUT2D eigenvalue weighted by molar-refractivity contribution is -0.130.